The second-order valence-electron chi connectivity index (χ2n) is 9.81. The third-order valence-corrected chi connectivity index (χ3v) is 7.35. The number of methoxy groups -OCH3 is 2. The molecule has 1 fully saturated rings. The van der Waals surface area contributed by atoms with E-state index in [2.05, 4.69) is 0 Å². The van der Waals surface area contributed by atoms with E-state index in [0.29, 0.717) is 30.8 Å². The predicted molar refractivity (Wildman–Crippen MR) is 143 cm³/mol. The highest BCUT2D eigenvalue weighted by atomic mass is 16.6. The van der Waals surface area contributed by atoms with Gasteiger partial charge in [0.25, 0.3) is 5.91 Å². The van der Waals surface area contributed by atoms with Crippen molar-refractivity contribution >= 4 is 17.8 Å². The Morgan fingerprint density at radius 1 is 0.949 bits per heavy atom. The Labute approximate surface area is 227 Å². The summed E-state index contributed by atoms with van der Waals surface area (Å²) in [6.07, 6.45) is -1.21. The standard InChI is InChI=1S/C31H31NO7/c1-19-26(36-2)16-23(17-27(19)37-3)28(33)29(39-25-14-21-11-7-8-12-22(21)15-25)30(34)32-24(18-38-31(32)35)13-20-9-5-4-6-10-20/h4-12,16-17,24-25,29H,13-15,18H2,1-3H3/t24-,29-/m1/s1. The van der Waals surface area contributed by atoms with Gasteiger partial charge < -0.3 is 18.9 Å². The lowest BCUT2D eigenvalue weighted by atomic mass is 10.0. The summed E-state index contributed by atoms with van der Waals surface area (Å²) in [7, 11) is 3.00. The number of nitrogens with zero attached hydrogens (tertiary/aromatic N) is 1. The number of carbonyl (C=O) groups excluding carboxylic acids is 3. The quantitative estimate of drug-likeness (QED) is 0.301. The van der Waals surface area contributed by atoms with Gasteiger partial charge in [0.1, 0.15) is 18.1 Å². The molecule has 2 amide bonds. The normalized spacial score (nSPS) is 17.5. The Balaban J connectivity index is 1.47. The number of rotatable bonds is 9. The molecule has 5 rings (SSSR count). The van der Waals surface area contributed by atoms with Crippen molar-refractivity contribution in [3.05, 3.63) is 94.5 Å². The maximum absolute atomic E-state index is 14.0. The number of imide groups is 1. The zero-order valence-corrected chi connectivity index (χ0v) is 22.2. The van der Waals surface area contributed by atoms with E-state index in [4.69, 9.17) is 18.9 Å². The maximum Gasteiger partial charge on any atom is 0.417 e. The lowest BCUT2D eigenvalue weighted by Crippen LogP contribution is -2.50. The van der Waals surface area contributed by atoms with Gasteiger partial charge in [-0.05, 0) is 55.0 Å². The van der Waals surface area contributed by atoms with E-state index in [1.807, 2.05) is 61.5 Å². The first-order valence-electron chi connectivity index (χ1n) is 12.9. The van der Waals surface area contributed by atoms with Crippen molar-refractivity contribution in [1.82, 2.24) is 4.90 Å². The van der Waals surface area contributed by atoms with Crippen LogP contribution in [0.1, 0.15) is 32.6 Å². The van der Waals surface area contributed by atoms with Gasteiger partial charge >= 0.3 is 6.09 Å². The molecule has 0 aromatic heterocycles. The first-order valence-corrected chi connectivity index (χ1v) is 12.9. The Morgan fingerprint density at radius 2 is 1.54 bits per heavy atom. The molecular weight excluding hydrogens is 498 g/mol. The van der Waals surface area contributed by atoms with E-state index < -0.39 is 36.0 Å². The van der Waals surface area contributed by atoms with Crippen LogP contribution < -0.4 is 9.47 Å². The van der Waals surface area contributed by atoms with Crippen molar-refractivity contribution in [2.75, 3.05) is 20.8 Å². The average molecular weight is 530 g/mol. The molecule has 2 atom stereocenters. The number of amides is 2. The molecule has 39 heavy (non-hydrogen) atoms. The molecule has 2 aliphatic rings. The molecule has 3 aromatic carbocycles. The lowest BCUT2D eigenvalue weighted by Gasteiger charge is -2.26. The number of ketones is 1. The SMILES string of the molecule is COc1cc(C(=O)[C@@H](OC2Cc3ccccc3C2)C(=O)N2C(=O)OC[C@H]2Cc2ccccc2)cc(OC)c1C. The molecule has 0 radical (unpaired) electrons. The average Bonchev–Trinajstić information content (AvgIpc) is 3.54. The van der Waals surface area contributed by atoms with Crippen LogP contribution in [0.15, 0.2) is 66.7 Å². The summed E-state index contributed by atoms with van der Waals surface area (Å²) < 4.78 is 22.5. The predicted octanol–water partition coefficient (Wildman–Crippen LogP) is 4.34. The summed E-state index contributed by atoms with van der Waals surface area (Å²) in [5.41, 5.74) is 4.08. The van der Waals surface area contributed by atoms with Gasteiger partial charge in [0.2, 0.25) is 5.78 Å². The van der Waals surface area contributed by atoms with Gasteiger partial charge in [-0.25, -0.2) is 9.69 Å². The molecule has 0 unspecified atom stereocenters. The van der Waals surface area contributed by atoms with Crippen molar-refractivity contribution in [3.8, 4) is 11.5 Å². The fourth-order valence-electron chi connectivity index (χ4n) is 5.31. The number of fused-ring (bicyclic) bond motifs is 1. The van der Waals surface area contributed by atoms with Gasteiger partial charge in [-0.15, -0.1) is 0 Å². The van der Waals surface area contributed by atoms with Crippen LogP contribution in [0.5, 0.6) is 11.5 Å². The fraction of sp³-hybridized carbons (Fsp3) is 0.323. The number of hydrogen-bond donors (Lipinski definition) is 0. The monoisotopic (exact) mass is 529 g/mol. The summed E-state index contributed by atoms with van der Waals surface area (Å²) in [6, 6.07) is 20.0. The lowest BCUT2D eigenvalue weighted by molar-refractivity contribution is -0.141. The van der Waals surface area contributed by atoms with Crippen LogP contribution in [0.3, 0.4) is 0 Å². The highest BCUT2D eigenvalue weighted by Crippen LogP contribution is 2.32. The Bertz CT molecular complexity index is 1340. The van der Waals surface area contributed by atoms with Crippen LogP contribution in [0, 0.1) is 6.92 Å². The Morgan fingerprint density at radius 3 is 2.13 bits per heavy atom. The molecule has 8 heteroatoms. The van der Waals surface area contributed by atoms with Crippen LogP contribution in [0.2, 0.25) is 0 Å². The van der Waals surface area contributed by atoms with E-state index in [1.165, 1.54) is 14.2 Å². The minimum Gasteiger partial charge on any atom is -0.496 e. The number of Topliss-reactive ketones (excluding diaryl/α,β-unsaturated/α-hetero) is 1. The summed E-state index contributed by atoms with van der Waals surface area (Å²) in [5.74, 6) is -0.428. The number of ether oxygens (including phenoxy) is 4. The molecule has 202 valence electrons. The minimum absolute atomic E-state index is 0.0431. The van der Waals surface area contributed by atoms with Gasteiger partial charge in [-0.1, -0.05) is 54.6 Å². The molecule has 8 nitrogen and oxygen atoms in total. The third-order valence-electron chi connectivity index (χ3n) is 7.35. The van der Waals surface area contributed by atoms with E-state index in [1.54, 1.807) is 12.1 Å². The van der Waals surface area contributed by atoms with Crippen molar-refractivity contribution < 1.29 is 33.3 Å². The molecule has 1 aliphatic heterocycles. The molecular formula is C31H31NO7. The number of carbonyl (C=O) groups is 3. The number of cyclic esters (lactones) is 1. The van der Waals surface area contributed by atoms with E-state index in [0.717, 1.165) is 27.2 Å². The number of hydrogen-bond acceptors (Lipinski definition) is 7. The number of benzene rings is 3. The first-order chi connectivity index (χ1) is 18.9. The van der Waals surface area contributed by atoms with Crippen molar-refractivity contribution in [3.63, 3.8) is 0 Å². The summed E-state index contributed by atoms with van der Waals surface area (Å²) in [6.45, 7) is 1.86. The largest absolute Gasteiger partial charge is 0.496 e. The summed E-state index contributed by atoms with van der Waals surface area (Å²) >= 11 is 0. The minimum atomic E-state index is -1.55. The molecule has 1 heterocycles. The van der Waals surface area contributed by atoms with Gasteiger partial charge in [-0.3, -0.25) is 9.59 Å². The fourth-order valence-corrected chi connectivity index (χ4v) is 5.31. The first kappa shape index (κ1) is 26.4. The molecule has 0 bridgehead atoms. The van der Waals surface area contributed by atoms with Gasteiger partial charge in [-0.2, -0.15) is 0 Å². The Kier molecular flexibility index (Phi) is 7.65. The molecule has 0 saturated carbocycles. The highest BCUT2D eigenvalue weighted by molar-refractivity contribution is 6.15. The van der Waals surface area contributed by atoms with Gasteiger partial charge in [0.15, 0.2) is 6.10 Å². The van der Waals surface area contributed by atoms with Gasteiger partial charge in [0.05, 0.1) is 26.4 Å². The van der Waals surface area contributed by atoms with Crippen LogP contribution >= 0.6 is 0 Å². The second kappa shape index (κ2) is 11.3. The smallest absolute Gasteiger partial charge is 0.417 e. The van der Waals surface area contributed by atoms with Crippen molar-refractivity contribution in [1.29, 1.82) is 0 Å². The van der Waals surface area contributed by atoms with Crippen molar-refractivity contribution in [2.45, 2.75) is 44.4 Å². The maximum atomic E-state index is 14.0. The van der Waals surface area contributed by atoms with E-state index >= 15 is 0 Å². The zero-order valence-electron chi connectivity index (χ0n) is 22.2. The molecule has 1 saturated heterocycles. The molecule has 0 N–H and O–H groups in total. The molecule has 3 aromatic rings. The second-order valence-corrected chi connectivity index (χ2v) is 9.81. The summed E-state index contributed by atoms with van der Waals surface area (Å²) in [5, 5.41) is 0. The third kappa shape index (κ3) is 5.38. The van der Waals surface area contributed by atoms with E-state index in [9.17, 15) is 14.4 Å². The van der Waals surface area contributed by atoms with Crippen LogP contribution in [0.25, 0.3) is 0 Å². The molecule has 1 aliphatic carbocycles. The van der Waals surface area contributed by atoms with Gasteiger partial charge in [0, 0.05) is 11.1 Å². The van der Waals surface area contributed by atoms with E-state index in [-0.39, 0.29) is 12.2 Å². The topological polar surface area (TPSA) is 91.4 Å². The molecule has 0 spiro atoms. The highest BCUT2D eigenvalue weighted by Gasteiger charge is 2.45. The Hall–Kier alpha value is -4.17. The van der Waals surface area contributed by atoms with Crippen LogP contribution in [-0.2, 0) is 33.5 Å². The van der Waals surface area contributed by atoms with Crippen LogP contribution in [0.4, 0.5) is 4.79 Å². The zero-order chi connectivity index (χ0) is 27.5. The van der Waals surface area contributed by atoms with Crippen molar-refractivity contribution in [2.24, 2.45) is 0 Å². The van der Waals surface area contributed by atoms with Crippen LogP contribution in [-0.4, -0.2) is 61.8 Å². The summed E-state index contributed by atoms with van der Waals surface area (Å²) in [4.78, 5) is 41.9.